The third-order valence-electron chi connectivity index (χ3n) is 3.83. The maximum Gasteiger partial charge on any atom is 0.255 e. The Hall–Kier alpha value is -3.21. The van der Waals surface area contributed by atoms with Gasteiger partial charge in [-0.1, -0.05) is 0 Å². The van der Waals surface area contributed by atoms with Crippen LogP contribution >= 0.6 is 0 Å². The zero-order chi connectivity index (χ0) is 18.4. The van der Waals surface area contributed by atoms with Gasteiger partial charge >= 0.3 is 0 Å². The molecule has 0 aliphatic rings. The highest BCUT2D eigenvalue weighted by atomic mass is 16.5. The van der Waals surface area contributed by atoms with E-state index in [-0.39, 0.29) is 5.91 Å². The third kappa shape index (κ3) is 4.06. The van der Waals surface area contributed by atoms with Crippen molar-refractivity contribution >= 4 is 11.6 Å². The molecule has 0 aliphatic heterocycles. The molecule has 134 valence electrons. The number of nitrogens with zero attached hydrogens (tertiary/aromatic N) is 1. The minimum Gasteiger partial charge on any atom is -0.490 e. The van der Waals surface area contributed by atoms with E-state index in [2.05, 4.69) is 5.32 Å². The highest BCUT2D eigenvalue weighted by molar-refractivity contribution is 6.04. The molecule has 5 nitrogen and oxygen atoms in total. The van der Waals surface area contributed by atoms with Crippen LogP contribution in [0.5, 0.6) is 11.5 Å². The number of rotatable bonds is 7. The van der Waals surface area contributed by atoms with E-state index < -0.39 is 0 Å². The van der Waals surface area contributed by atoms with E-state index in [9.17, 15) is 4.79 Å². The van der Waals surface area contributed by atoms with Gasteiger partial charge in [-0.15, -0.1) is 0 Å². The van der Waals surface area contributed by atoms with Gasteiger partial charge in [0.15, 0.2) is 11.5 Å². The Morgan fingerprint density at radius 3 is 2.23 bits per heavy atom. The maximum absolute atomic E-state index is 12.5. The summed E-state index contributed by atoms with van der Waals surface area (Å²) < 4.78 is 13.1. The Kier molecular flexibility index (Phi) is 5.59. The first-order valence-electron chi connectivity index (χ1n) is 8.65. The molecule has 1 N–H and O–H groups in total. The molecule has 0 fully saturated rings. The fraction of sp³-hybridized carbons (Fsp3) is 0.190. The second kappa shape index (κ2) is 8.25. The molecule has 0 saturated heterocycles. The van der Waals surface area contributed by atoms with E-state index in [1.165, 1.54) is 0 Å². The first-order valence-corrected chi connectivity index (χ1v) is 8.65. The molecule has 3 rings (SSSR count). The average molecular weight is 350 g/mol. The van der Waals surface area contributed by atoms with Crippen molar-refractivity contribution in [2.24, 2.45) is 0 Å². The van der Waals surface area contributed by atoms with Gasteiger partial charge in [-0.25, -0.2) is 0 Å². The molecule has 0 saturated carbocycles. The lowest BCUT2D eigenvalue weighted by molar-refractivity contribution is 0.102. The van der Waals surface area contributed by atoms with Crippen LogP contribution < -0.4 is 14.8 Å². The Labute approximate surface area is 153 Å². The molecule has 1 heterocycles. The van der Waals surface area contributed by atoms with Crippen molar-refractivity contribution in [1.82, 2.24) is 4.57 Å². The van der Waals surface area contributed by atoms with E-state index in [1.54, 1.807) is 18.2 Å². The summed E-state index contributed by atoms with van der Waals surface area (Å²) >= 11 is 0. The van der Waals surface area contributed by atoms with Crippen LogP contribution in [0.3, 0.4) is 0 Å². The molecule has 1 aromatic heterocycles. The molecule has 0 atom stereocenters. The van der Waals surface area contributed by atoms with Gasteiger partial charge in [0.2, 0.25) is 0 Å². The summed E-state index contributed by atoms with van der Waals surface area (Å²) in [5.41, 5.74) is 2.26. The first-order chi connectivity index (χ1) is 12.7. The summed E-state index contributed by atoms with van der Waals surface area (Å²) in [5, 5.41) is 2.90. The SMILES string of the molecule is CCOc1ccc(NC(=O)c2ccc(-n3cccc3)cc2)cc1OCC. The van der Waals surface area contributed by atoms with Crippen LogP contribution in [-0.2, 0) is 0 Å². The Morgan fingerprint density at radius 1 is 0.923 bits per heavy atom. The molecule has 3 aromatic rings. The van der Waals surface area contributed by atoms with Gasteiger partial charge in [0, 0.05) is 35.4 Å². The fourth-order valence-electron chi connectivity index (χ4n) is 2.62. The number of benzene rings is 2. The molecular formula is C21H22N2O3. The van der Waals surface area contributed by atoms with Crippen molar-refractivity contribution in [3.05, 3.63) is 72.6 Å². The molecule has 0 spiro atoms. The number of ether oxygens (including phenoxy) is 2. The predicted molar refractivity (Wildman–Crippen MR) is 103 cm³/mol. The smallest absolute Gasteiger partial charge is 0.255 e. The van der Waals surface area contributed by atoms with Gasteiger partial charge in [0.1, 0.15) is 0 Å². The minimum atomic E-state index is -0.171. The van der Waals surface area contributed by atoms with Crippen molar-refractivity contribution in [3.63, 3.8) is 0 Å². The van der Waals surface area contributed by atoms with Crippen LogP contribution in [0.2, 0.25) is 0 Å². The van der Waals surface area contributed by atoms with Crippen LogP contribution in [0.15, 0.2) is 67.0 Å². The highest BCUT2D eigenvalue weighted by Crippen LogP contribution is 2.30. The molecule has 5 heteroatoms. The van der Waals surface area contributed by atoms with Crippen LogP contribution in [0.25, 0.3) is 5.69 Å². The highest BCUT2D eigenvalue weighted by Gasteiger charge is 2.10. The quantitative estimate of drug-likeness (QED) is 0.681. The van der Waals surface area contributed by atoms with E-state index in [4.69, 9.17) is 9.47 Å². The summed E-state index contributed by atoms with van der Waals surface area (Å²) in [7, 11) is 0. The number of hydrogen-bond donors (Lipinski definition) is 1. The number of nitrogens with one attached hydrogen (secondary N) is 1. The summed E-state index contributed by atoms with van der Waals surface area (Å²) in [6.07, 6.45) is 3.93. The second-order valence-corrected chi connectivity index (χ2v) is 5.62. The van der Waals surface area contributed by atoms with Crippen LogP contribution in [0.1, 0.15) is 24.2 Å². The summed E-state index contributed by atoms with van der Waals surface area (Å²) in [6.45, 7) is 4.91. The van der Waals surface area contributed by atoms with E-state index in [0.29, 0.717) is 36.0 Å². The number of carbonyl (C=O) groups excluding carboxylic acids is 1. The normalized spacial score (nSPS) is 10.4. The standard InChI is InChI=1S/C21H22N2O3/c1-3-25-19-12-9-17(15-20(19)26-4-2)22-21(24)16-7-10-18(11-8-16)23-13-5-6-14-23/h5-15H,3-4H2,1-2H3,(H,22,24). The van der Waals surface area contributed by atoms with Crippen molar-refractivity contribution in [2.45, 2.75) is 13.8 Å². The number of hydrogen-bond acceptors (Lipinski definition) is 3. The van der Waals surface area contributed by atoms with Crippen LogP contribution in [-0.4, -0.2) is 23.7 Å². The molecule has 0 unspecified atom stereocenters. The third-order valence-corrected chi connectivity index (χ3v) is 3.83. The minimum absolute atomic E-state index is 0.171. The lowest BCUT2D eigenvalue weighted by Crippen LogP contribution is -2.12. The Morgan fingerprint density at radius 2 is 1.58 bits per heavy atom. The van der Waals surface area contributed by atoms with E-state index >= 15 is 0 Å². The molecule has 26 heavy (non-hydrogen) atoms. The predicted octanol–water partition coefficient (Wildman–Crippen LogP) is 4.53. The van der Waals surface area contributed by atoms with Crippen molar-refractivity contribution in [1.29, 1.82) is 0 Å². The topological polar surface area (TPSA) is 52.5 Å². The van der Waals surface area contributed by atoms with Crippen molar-refractivity contribution in [2.75, 3.05) is 18.5 Å². The molecule has 2 aromatic carbocycles. The number of aromatic nitrogens is 1. The lowest BCUT2D eigenvalue weighted by Gasteiger charge is -2.13. The zero-order valence-electron chi connectivity index (χ0n) is 14.9. The van der Waals surface area contributed by atoms with Gasteiger partial charge in [-0.2, -0.15) is 0 Å². The Balaban J connectivity index is 1.74. The molecule has 1 amide bonds. The van der Waals surface area contributed by atoms with Crippen molar-refractivity contribution in [3.8, 4) is 17.2 Å². The monoisotopic (exact) mass is 350 g/mol. The molecule has 0 bridgehead atoms. The number of carbonyl (C=O) groups is 1. The molecule has 0 radical (unpaired) electrons. The second-order valence-electron chi connectivity index (χ2n) is 5.62. The number of amides is 1. The van der Waals surface area contributed by atoms with E-state index in [0.717, 1.165) is 5.69 Å². The van der Waals surface area contributed by atoms with Gasteiger partial charge in [0.05, 0.1) is 13.2 Å². The van der Waals surface area contributed by atoms with Gasteiger partial charge < -0.3 is 19.4 Å². The van der Waals surface area contributed by atoms with Crippen LogP contribution in [0.4, 0.5) is 5.69 Å². The first kappa shape index (κ1) is 17.6. The summed E-state index contributed by atoms with van der Waals surface area (Å²) in [4.78, 5) is 12.5. The number of anilines is 1. The van der Waals surface area contributed by atoms with Crippen LogP contribution in [0, 0.1) is 0 Å². The summed E-state index contributed by atoms with van der Waals surface area (Å²) in [6, 6.07) is 16.8. The van der Waals surface area contributed by atoms with Crippen molar-refractivity contribution < 1.29 is 14.3 Å². The fourth-order valence-corrected chi connectivity index (χ4v) is 2.62. The average Bonchev–Trinajstić information content (AvgIpc) is 3.19. The molecule has 0 aliphatic carbocycles. The lowest BCUT2D eigenvalue weighted by atomic mass is 10.2. The van der Waals surface area contributed by atoms with Gasteiger partial charge in [0.25, 0.3) is 5.91 Å². The zero-order valence-corrected chi connectivity index (χ0v) is 14.9. The summed E-state index contributed by atoms with van der Waals surface area (Å²) in [5.74, 6) is 1.12. The van der Waals surface area contributed by atoms with Gasteiger partial charge in [-0.3, -0.25) is 4.79 Å². The van der Waals surface area contributed by atoms with Gasteiger partial charge in [-0.05, 0) is 62.4 Å². The Bertz CT molecular complexity index is 855. The largest absolute Gasteiger partial charge is 0.490 e. The van der Waals surface area contributed by atoms with E-state index in [1.807, 2.05) is 67.2 Å². The molecular weight excluding hydrogens is 328 g/mol. The maximum atomic E-state index is 12.5.